The number of hydrogen-bond acceptors (Lipinski definition) is 11. The Balaban J connectivity index is 1.25. The highest BCUT2D eigenvalue weighted by atomic mass is 32.2. The predicted octanol–water partition coefficient (Wildman–Crippen LogP) is -0.0170. The summed E-state index contributed by atoms with van der Waals surface area (Å²) in [5.74, 6) is 1.27. The van der Waals surface area contributed by atoms with Crippen molar-refractivity contribution in [2.45, 2.75) is 6.42 Å². The van der Waals surface area contributed by atoms with Gasteiger partial charge in [0, 0.05) is 43.7 Å². The van der Waals surface area contributed by atoms with Crippen LogP contribution in [0, 0.1) is 0 Å². The normalized spacial score (nSPS) is 17.6. The van der Waals surface area contributed by atoms with Gasteiger partial charge in [-0.2, -0.15) is 4.31 Å². The molecule has 2 aromatic rings. The second-order valence-electron chi connectivity index (χ2n) is 8.28. The highest BCUT2D eigenvalue weighted by Crippen LogP contribution is 2.32. The first-order valence-corrected chi connectivity index (χ1v) is 13.1. The van der Waals surface area contributed by atoms with E-state index in [2.05, 4.69) is 25.3 Å². The Labute approximate surface area is 208 Å². The standard InChI is InChI=1S/C22H26N8O5S/c23-21-25-13-15(14-26-21)20(31)28-22-27-18-12-16(2-3-17(18)19-24-4-5-30(19)22)35-8-1-11-36(32,33)29-6-9-34-10-7-29/h2-3,12-14H,1,4-11H2,(H2,23,25,26)(H,27,28,31). The van der Waals surface area contributed by atoms with Crippen LogP contribution >= 0.6 is 0 Å². The molecule has 0 saturated carbocycles. The smallest absolute Gasteiger partial charge is 0.261 e. The number of amides is 1. The number of nitrogen functional groups attached to an aromatic ring is 1. The summed E-state index contributed by atoms with van der Waals surface area (Å²) < 4.78 is 37.4. The third-order valence-electron chi connectivity index (χ3n) is 5.87. The Bertz CT molecular complexity index is 1310. The number of nitrogens with two attached hydrogens (primary N) is 1. The lowest BCUT2D eigenvalue weighted by Crippen LogP contribution is -2.47. The Morgan fingerprint density at radius 3 is 2.72 bits per heavy atom. The highest BCUT2D eigenvalue weighted by Gasteiger charge is 2.31. The number of carbonyl (C=O) groups excluding carboxylic acids is 1. The first kappa shape index (κ1) is 24.1. The van der Waals surface area contributed by atoms with Crippen molar-refractivity contribution in [1.29, 1.82) is 0 Å². The Morgan fingerprint density at radius 2 is 1.94 bits per heavy atom. The fraction of sp³-hybridized carbons (Fsp3) is 0.409. The van der Waals surface area contributed by atoms with Gasteiger partial charge in [0.2, 0.25) is 21.9 Å². The summed E-state index contributed by atoms with van der Waals surface area (Å²) in [6.45, 7) is 3.01. The monoisotopic (exact) mass is 514 g/mol. The van der Waals surface area contributed by atoms with Gasteiger partial charge >= 0.3 is 0 Å². The Kier molecular flexibility index (Phi) is 6.80. The van der Waals surface area contributed by atoms with Crippen molar-refractivity contribution in [3.05, 3.63) is 41.7 Å². The molecule has 190 valence electrons. The number of nitrogens with one attached hydrogen (secondary N) is 1. The van der Waals surface area contributed by atoms with Gasteiger partial charge < -0.3 is 15.2 Å². The van der Waals surface area contributed by atoms with E-state index in [0.717, 1.165) is 5.56 Å². The first-order chi connectivity index (χ1) is 17.4. The molecule has 5 rings (SSSR count). The van der Waals surface area contributed by atoms with E-state index in [1.54, 1.807) is 12.1 Å². The quantitative estimate of drug-likeness (QED) is 0.483. The molecule has 36 heavy (non-hydrogen) atoms. The average Bonchev–Trinajstić information content (AvgIpc) is 3.38. The summed E-state index contributed by atoms with van der Waals surface area (Å²) in [4.78, 5) is 31.4. The summed E-state index contributed by atoms with van der Waals surface area (Å²) in [5.41, 5.74) is 7.16. The van der Waals surface area contributed by atoms with E-state index in [4.69, 9.17) is 15.2 Å². The van der Waals surface area contributed by atoms with Gasteiger partial charge in [-0.15, -0.1) is 0 Å². The van der Waals surface area contributed by atoms with E-state index in [1.807, 2.05) is 11.0 Å². The second kappa shape index (κ2) is 10.2. The molecule has 1 aromatic heterocycles. The van der Waals surface area contributed by atoms with Crippen molar-refractivity contribution in [2.75, 3.05) is 57.5 Å². The molecule has 3 N–H and O–H groups in total. The van der Waals surface area contributed by atoms with Gasteiger partial charge in [-0.1, -0.05) is 0 Å². The van der Waals surface area contributed by atoms with Crippen molar-refractivity contribution in [1.82, 2.24) is 24.5 Å². The molecule has 1 saturated heterocycles. The summed E-state index contributed by atoms with van der Waals surface area (Å²) >= 11 is 0. The molecule has 1 aromatic carbocycles. The van der Waals surface area contributed by atoms with E-state index in [-0.39, 0.29) is 23.9 Å². The van der Waals surface area contributed by atoms with Crippen molar-refractivity contribution >= 4 is 39.4 Å². The maximum atomic E-state index is 12.7. The lowest BCUT2D eigenvalue weighted by molar-refractivity contribution is 0.0730. The van der Waals surface area contributed by atoms with Crippen molar-refractivity contribution < 1.29 is 22.7 Å². The van der Waals surface area contributed by atoms with Crippen LogP contribution in [0.5, 0.6) is 5.75 Å². The minimum atomic E-state index is -3.33. The number of hydrogen-bond donors (Lipinski definition) is 2. The zero-order valence-electron chi connectivity index (χ0n) is 19.5. The molecule has 0 atom stereocenters. The van der Waals surface area contributed by atoms with Gasteiger partial charge in [0.1, 0.15) is 11.6 Å². The number of amidine groups is 1. The summed E-state index contributed by atoms with van der Waals surface area (Å²) in [6.07, 6.45) is 3.05. The SMILES string of the molecule is Nc1ncc(C(=O)NC2=Nc3cc(OCCCS(=O)(=O)N4CCOCC4)ccc3C3=NCCN23)cn1. The molecule has 0 radical (unpaired) electrons. The molecule has 14 heteroatoms. The van der Waals surface area contributed by atoms with Gasteiger partial charge in [-0.25, -0.2) is 23.4 Å². The molecule has 0 unspecified atom stereocenters. The van der Waals surface area contributed by atoms with E-state index in [1.165, 1.54) is 16.7 Å². The molecular formula is C22H26N8O5S. The van der Waals surface area contributed by atoms with Gasteiger partial charge in [0.25, 0.3) is 5.91 Å². The van der Waals surface area contributed by atoms with Crippen LogP contribution in [0.3, 0.4) is 0 Å². The zero-order valence-corrected chi connectivity index (χ0v) is 20.3. The fourth-order valence-electron chi connectivity index (χ4n) is 4.05. The number of nitrogens with zero attached hydrogens (tertiary/aromatic N) is 6. The minimum absolute atomic E-state index is 0.00683. The van der Waals surface area contributed by atoms with Gasteiger partial charge in [-0.3, -0.25) is 20.0 Å². The van der Waals surface area contributed by atoms with Gasteiger partial charge in [0.05, 0.1) is 43.4 Å². The number of guanidine groups is 1. The third kappa shape index (κ3) is 5.15. The van der Waals surface area contributed by atoms with Crippen LogP contribution in [0.2, 0.25) is 0 Å². The Hall–Kier alpha value is -3.62. The van der Waals surface area contributed by atoms with Crippen LogP contribution < -0.4 is 15.8 Å². The zero-order chi connectivity index (χ0) is 25.1. The molecule has 3 aliphatic rings. The topological polar surface area (TPSA) is 165 Å². The van der Waals surface area contributed by atoms with Crippen LogP contribution in [-0.4, -0.2) is 97.0 Å². The molecule has 0 bridgehead atoms. The number of carbonyl (C=O) groups is 1. The predicted molar refractivity (Wildman–Crippen MR) is 132 cm³/mol. The number of benzene rings is 1. The molecule has 1 amide bonds. The fourth-order valence-corrected chi connectivity index (χ4v) is 5.50. The molecular weight excluding hydrogens is 488 g/mol. The van der Waals surface area contributed by atoms with Crippen molar-refractivity contribution in [3.8, 4) is 5.75 Å². The number of aliphatic imine (C=N–C) groups is 2. The number of anilines is 1. The van der Waals surface area contributed by atoms with Crippen LogP contribution in [0.4, 0.5) is 11.6 Å². The van der Waals surface area contributed by atoms with Crippen LogP contribution in [0.15, 0.2) is 40.6 Å². The van der Waals surface area contributed by atoms with Crippen LogP contribution in [-0.2, 0) is 14.8 Å². The number of fused-ring (bicyclic) bond motifs is 3. The van der Waals surface area contributed by atoms with Crippen LogP contribution in [0.1, 0.15) is 22.3 Å². The second-order valence-corrected chi connectivity index (χ2v) is 10.4. The van der Waals surface area contributed by atoms with E-state index in [9.17, 15) is 13.2 Å². The average molecular weight is 515 g/mol. The number of morpholine rings is 1. The number of sulfonamides is 1. The van der Waals surface area contributed by atoms with Gasteiger partial charge in [0.15, 0.2) is 0 Å². The maximum Gasteiger partial charge on any atom is 0.261 e. The summed E-state index contributed by atoms with van der Waals surface area (Å²) in [6, 6.07) is 5.42. The number of aromatic nitrogens is 2. The number of rotatable bonds is 7. The molecule has 3 aliphatic heterocycles. The molecule has 0 aliphatic carbocycles. The third-order valence-corrected chi connectivity index (χ3v) is 7.83. The van der Waals surface area contributed by atoms with Crippen LogP contribution in [0.25, 0.3) is 0 Å². The molecule has 4 heterocycles. The maximum absolute atomic E-state index is 12.7. The number of ether oxygens (including phenoxy) is 2. The lowest BCUT2D eigenvalue weighted by Gasteiger charge is -2.27. The largest absolute Gasteiger partial charge is 0.493 e. The summed E-state index contributed by atoms with van der Waals surface area (Å²) in [7, 11) is -3.33. The van der Waals surface area contributed by atoms with E-state index in [0.29, 0.717) is 69.0 Å². The molecule has 13 nitrogen and oxygen atoms in total. The minimum Gasteiger partial charge on any atom is -0.493 e. The Morgan fingerprint density at radius 1 is 1.17 bits per heavy atom. The van der Waals surface area contributed by atoms with E-state index < -0.39 is 15.9 Å². The summed E-state index contributed by atoms with van der Waals surface area (Å²) in [5, 5.41) is 2.80. The first-order valence-electron chi connectivity index (χ1n) is 11.5. The van der Waals surface area contributed by atoms with E-state index >= 15 is 0 Å². The molecule has 1 fully saturated rings. The highest BCUT2D eigenvalue weighted by molar-refractivity contribution is 7.89. The molecule has 0 spiro atoms. The lowest BCUT2D eigenvalue weighted by atomic mass is 10.1. The van der Waals surface area contributed by atoms with Crippen molar-refractivity contribution in [2.24, 2.45) is 9.98 Å². The van der Waals surface area contributed by atoms with Gasteiger partial charge in [-0.05, 0) is 18.6 Å². The van der Waals surface area contributed by atoms with Crippen molar-refractivity contribution in [3.63, 3.8) is 0 Å².